The average Bonchev–Trinajstić information content (AvgIpc) is 2.55. The van der Waals surface area contributed by atoms with Gasteiger partial charge in [0.25, 0.3) is 0 Å². The Morgan fingerprint density at radius 3 is 1.33 bits per heavy atom. The minimum Gasteiger partial charge on any atom is -0.478 e. The van der Waals surface area contributed by atoms with Crippen LogP contribution >= 0.6 is 23.2 Å². The molecule has 0 aliphatic heterocycles. The molecule has 0 radical (unpaired) electrons. The van der Waals surface area contributed by atoms with Gasteiger partial charge in [-0.25, -0.2) is 9.59 Å². The number of hydrogen-bond donors (Lipinski definition) is 4. The van der Waals surface area contributed by atoms with Crippen LogP contribution in [0.3, 0.4) is 0 Å². The second-order valence-corrected chi connectivity index (χ2v) is 6.83. The molecule has 0 aromatic heterocycles. The van der Waals surface area contributed by atoms with Crippen molar-refractivity contribution < 1.29 is 30.0 Å². The van der Waals surface area contributed by atoms with Crippen LogP contribution in [-0.4, -0.2) is 44.1 Å². The smallest absolute Gasteiger partial charge is 0.335 e. The Morgan fingerprint density at radius 2 is 1.19 bits per heavy atom. The van der Waals surface area contributed by atoms with Crippen LogP contribution in [0.15, 0.2) is 48.5 Å². The Morgan fingerprint density at radius 1 is 0.889 bits per heavy atom. The Balaban J connectivity index is 0.000000384. The van der Waals surface area contributed by atoms with E-state index >= 15 is 0 Å². The van der Waals surface area contributed by atoms with Gasteiger partial charge in [-0.3, -0.25) is 0 Å². The molecular weight excluding hydrogens is 395 g/mol. The number of carboxylic acids is 2. The predicted molar refractivity (Wildman–Crippen MR) is 105 cm³/mol. The van der Waals surface area contributed by atoms with Crippen LogP contribution in [0, 0.1) is 0 Å². The summed E-state index contributed by atoms with van der Waals surface area (Å²) in [6.07, 6.45) is -0.646. The van der Waals surface area contributed by atoms with Gasteiger partial charge in [-0.1, -0.05) is 35.3 Å². The summed E-state index contributed by atoms with van der Waals surface area (Å²) >= 11 is 11.1. The molecule has 0 aliphatic carbocycles. The fourth-order valence-electron chi connectivity index (χ4n) is 1.24. The van der Waals surface area contributed by atoms with E-state index in [0.29, 0.717) is 10.0 Å². The zero-order valence-corrected chi connectivity index (χ0v) is 16.6. The maximum absolute atomic E-state index is 10.3. The molecule has 0 spiro atoms. The molecule has 1 unspecified atom stereocenters. The lowest BCUT2D eigenvalue weighted by atomic mass is 10.0. The molecule has 0 aliphatic rings. The lowest BCUT2D eigenvalue weighted by Crippen LogP contribution is -2.32. The van der Waals surface area contributed by atoms with Crippen molar-refractivity contribution in [2.75, 3.05) is 0 Å². The van der Waals surface area contributed by atoms with E-state index in [2.05, 4.69) is 0 Å². The van der Waals surface area contributed by atoms with Crippen LogP contribution in [0.1, 0.15) is 41.5 Å². The van der Waals surface area contributed by atoms with Crippen molar-refractivity contribution in [3.05, 3.63) is 69.7 Å². The second kappa shape index (κ2) is 11.6. The third-order valence-electron chi connectivity index (χ3n) is 3.17. The first kappa shape index (κ1) is 24.9. The van der Waals surface area contributed by atoms with Gasteiger partial charge in [0.1, 0.15) is 0 Å². The minimum atomic E-state index is -0.956. The van der Waals surface area contributed by atoms with Crippen molar-refractivity contribution in [2.24, 2.45) is 0 Å². The number of benzene rings is 2. The molecule has 2 aromatic carbocycles. The molecule has 0 saturated carbocycles. The third-order valence-corrected chi connectivity index (χ3v) is 3.64. The van der Waals surface area contributed by atoms with E-state index in [-0.39, 0.29) is 11.1 Å². The maximum atomic E-state index is 10.3. The average molecular weight is 417 g/mol. The number of aliphatic hydroxyl groups excluding tert-OH is 1. The molecule has 0 bridgehead atoms. The number of aromatic carboxylic acids is 2. The van der Waals surface area contributed by atoms with Crippen molar-refractivity contribution in [1.82, 2.24) is 0 Å². The van der Waals surface area contributed by atoms with E-state index < -0.39 is 23.6 Å². The van der Waals surface area contributed by atoms with Crippen molar-refractivity contribution in [2.45, 2.75) is 32.5 Å². The molecule has 6 nitrogen and oxygen atoms in total. The van der Waals surface area contributed by atoms with Gasteiger partial charge in [-0.15, -0.1) is 0 Å². The molecule has 1 atom stereocenters. The predicted octanol–water partition coefficient (Wildman–Crippen LogP) is 4.21. The van der Waals surface area contributed by atoms with Gasteiger partial charge in [0.2, 0.25) is 0 Å². The van der Waals surface area contributed by atoms with E-state index in [1.807, 2.05) is 0 Å². The summed E-state index contributed by atoms with van der Waals surface area (Å²) in [7, 11) is 0. The van der Waals surface area contributed by atoms with Crippen molar-refractivity contribution in [3.63, 3.8) is 0 Å². The lowest BCUT2D eigenvalue weighted by Gasteiger charge is -2.19. The van der Waals surface area contributed by atoms with Gasteiger partial charge >= 0.3 is 11.9 Å². The fourth-order valence-corrected chi connectivity index (χ4v) is 1.62. The van der Waals surface area contributed by atoms with Gasteiger partial charge in [0.15, 0.2) is 0 Å². The molecule has 0 heterocycles. The topological polar surface area (TPSA) is 115 Å². The number of aliphatic hydroxyl groups is 2. The summed E-state index contributed by atoms with van der Waals surface area (Å²) < 4.78 is 0. The first-order chi connectivity index (χ1) is 12.3. The molecule has 0 saturated heterocycles. The Kier molecular flexibility index (Phi) is 10.7. The largest absolute Gasteiger partial charge is 0.478 e. The number of hydrogen-bond acceptors (Lipinski definition) is 4. The van der Waals surface area contributed by atoms with E-state index in [0.717, 1.165) is 0 Å². The summed E-state index contributed by atoms with van der Waals surface area (Å²) in [5.74, 6) is -1.91. The zero-order valence-electron chi connectivity index (χ0n) is 15.1. The molecule has 2 aromatic rings. The first-order valence-corrected chi connectivity index (χ1v) is 8.48. The highest BCUT2D eigenvalue weighted by atomic mass is 35.5. The van der Waals surface area contributed by atoms with Crippen LogP contribution in [-0.2, 0) is 0 Å². The Hall–Kier alpha value is -2.12. The summed E-state index contributed by atoms with van der Waals surface area (Å²) in [5, 5.41) is 35.3. The molecule has 27 heavy (non-hydrogen) atoms. The van der Waals surface area contributed by atoms with Crippen LogP contribution in [0.2, 0.25) is 10.0 Å². The SMILES string of the molecule is CC(O)C(C)(C)O.O=C(O)c1cccc(Cl)c1.O=C(O)c1cccc(Cl)c1. The van der Waals surface area contributed by atoms with E-state index in [1.165, 1.54) is 24.3 Å². The summed E-state index contributed by atoms with van der Waals surface area (Å²) in [4.78, 5) is 20.6. The van der Waals surface area contributed by atoms with Crippen LogP contribution in [0.4, 0.5) is 0 Å². The van der Waals surface area contributed by atoms with Gasteiger partial charge in [-0.2, -0.15) is 0 Å². The second-order valence-electron chi connectivity index (χ2n) is 5.96. The lowest BCUT2D eigenvalue weighted by molar-refractivity contribution is -0.0375. The molecule has 148 valence electrons. The van der Waals surface area contributed by atoms with Crippen LogP contribution in [0.25, 0.3) is 0 Å². The summed E-state index contributed by atoms with van der Waals surface area (Å²) in [5.41, 5.74) is -0.514. The molecule has 0 fully saturated rings. The molecule has 4 N–H and O–H groups in total. The molecule has 8 heteroatoms. The van der Waals surface area contributed by atoms with E-state index in [4.69, 9.17) is 43.6 Å². The third kappa shape index (κ3) is 11.2. The van der Waals surface area contributed by atoms with Gasteiger partial charge < -0.3 is 20.4 Å². The number of halogens is 2. The van der Waals surface area contributed by atoms with Crippen molar-refractivity contribution in [3.8, 4) is 0 Å². The Labute approximate surface area is 167 Å². The summed E-state index contributed by atoms with van der Waals surface area (Å²) in [6.45, 7) is 4.69. The van der Waals surface area contributed by atoms with Gasteiger partial charge in [0.05, 0.1) is 22.8 Å². The van der Waals surface area contributed by atoms with Crippen molar-refractivity contribution in [1.29, 1.82) is 0 Å². The molecule has 2 rings (SSSR count). The Bertz CT molecular complexity index is 698. The first-order valence-electron chi connectivity index (χ1n) is 7.72. The molecular formula is C19H22Cl2O6. The highest BCUT2D eigenvalue weighted by Crippen LogP contribution is 2.10. The number of carbonyl (C=O) groups is 2. The highest BCUT2D eigenvalue weighted by Gasteiger charge is 2.18. The van der Waals surface area contributed by atoms with Gasteiger partial charge in [0, 0.05) is 10.0 Å². The normalized spacial score (nSPS) is 11.2. The quantitative estimate of drug-likeness (QED) is 0.595. The number of rotatable bonds is 3. The number of carboxylic acid groups (broad SMARTS) is 2. The zero-order chi connectivity index (χ0) is 21.2. The van der Waals surface area contributed by atoms with Gasteiger partial charge in [-0.05, 0) is 57.2 Å². The molecule has 0 amide bonds. The standard InChI is InChI=1S/2C7H5ClO2.C5H12O2/c2*8-6-3-1-2-5(4-6)7(9)10;1-4(6)5(2,3)7/h2*1-4H,(H,9,10);4,6-7H,1-3H3. The maximum Gasteiger partial charge on any atom is 0.335 e. The van der Waals surface area contributed by atoms with E-state index in [1.54, 1.807) is 45.0 Å². The summed E-state index contributed by atoms with van der Waals surface area (Å²) in [6, 6.07) is 12.3. The van der Waals surface area contributed by atoms with Crippen LogP contribution in [0.5, 0.6) is 0 Å². The van der Waals surface area contributed by atoms with Crippen molar-refractivity contribution >= 4 is 35.1 Å². The van der Waals surface area contributed by atoms with Crippen LogP contribution < -0.4 is 0 Å². The van der Waals surface area contributed by atoms with E-state index in [9.17, 15) is 9.59 Å². The minimum absolute atomic E-state index is 0.215. The monoisotopic (exact) mass is 416 g/mol. The highest BCUT2D eigenvalue weighted by molar-refractivity contribution is 6.31. The fraction of sp³-hybridized carbons (Fsp3) is 0.263.